The van der Waals surface area contributed by atoms with E-state index in [1.54, 1.807) is 0 Å². The lowest BCUT2D eigenvalue weighted by Crippen LogP contribution is -1.89. The second-order valence-electron chi connectivity index (χ2n) is 4.49. The van der Waals surface area contributed by atoms with E-state index in [2.05, 4.69) is 15.9 Å². The molecule has 0 unspecified atom stereocenters. The summed E-state index contributed by atoms with van der Waals surface area (Å²) < 4.78 is 19.9. The van der Waals surface area contributed by atoms with Gasteiger partial charge >= 0.3 is 0 Å². The molecule has 3 rings (SSSR count). The molecule has 0 aliphatic heterocycles. The Kier molecular flexibility index (Phi) is 3.59. The molecule has 0 N–H and O–H groups in total. The SMILES string of the molecule is N#Cc1cc(F)cc(Oc2ccc3ccccc3c2Br)c1. The fraction of sp³-hybridized carbons (Fsp3) is 0. The van der Waals surface area contributed by atoms with Gasteiger partial charge in [0, 0.05) is 6.07 Å². The van der Waals surface area contributed by atoms with Gasteiger partial charge in [0.1, 0.15) is 17.3 Å². The Hall–Kier alpha value is -2.38. The number of benzene rings is 3. The predicted molar refractivity (Wildman–Crippen MR) is 82.8 cm³/mol. The molecule has 0 saturated carbocycles. The van der Waals surface area contributed by atoms with E-state index in [0.29, 0.717) is 11.5 Å². The number of ether oxygens (including phenoxy) is 1. The van der Waals surface area contributed by atoms with Gasteiger partial charge in [-0.1, -0.05) is 30.3 Å². The summed E-state index contributed by atoms with van der Waals surface area (Å²) >= 11 is 3.51. The van der Waals surface area contributed by atoms with Crippen LogP contribution in [0.5, 0.6) is 11.5 Å². The van der Waals surface area contributed by atoms with E-state index in [1.807, 2.05) is 42.5 Å². The van der Waals surface area contributed by atoms with Gasteiger partial charge in [-0.05, 0) is 44.9 Å². The van der Waals surface area contributed by atoms with Crippen LogP contribution in [0.4, 0.5) is 4.39 Å². The first kappa shape index (κ1) is 13.6. The van der Waals surface area contributed by atoms with Crippen LogP contribution in [0.3, 0.4) is 0 Å². The van der Waals surface area contributed by atoms with Crippen molar-refractivity contribution in [3.8, 4) is 17.6 Å². The van der Waals surface area contributed by atoms with Crippen LogP contribution in [-0.2, 0) is 0 Å². The number of nitriles is 1. The predicted octanol–water partition coefficient (Wildman–Crippen LogP) is 5.41. The van der Waals surface area contributed by atoms with Crippen LogP contribution in [0, 0.1) is 17.1 Å². The van der Waals surface area contributed by atoms with Crippen LogP contribution in [0.15, 0.2) is 59.1 Å². The third kappa shape index (κ3) is 2.74. The first-order valence-corrected chi connectivity index (χ1v) is 7.02. The number of fused-ring (bicyclic) bond motifs is 1. The van der Waals surface area contributed by atoms with Crippen molar-refractivity contribution in [1.29, 1.82) is 5.26 Å². The maximum atomic E-state index is 13.4. The van der Waals surface area contributed by atoms with Crippen molar-refractivity contribution in [3.63, 3.8) is 0 Å². The van der Waals surface area contributed by atoms with Crippen LogP contribution in [0.2, 0.25) is 0 Å². The molecule has 0 amide bonds. The number of hydrogen-bond donors (Lipinski definition) is 0. The highest BCUT2D eigenvalue weighted by Gasteiger charge is 2.08. The summed E-state index contributed by atoms with van der Waals surface area (Å²) in [4.78, 5) is 0. The molecular weight excluding hydrogens is 333 g/mol. The van der Waals surface area contributed by atoms with E-state index in [1.165, 1.54) is 18.2 Å². The topological polar surface area (TPSA) is 33.0 Å². The monoisotopic (exact) mass is 341 g/mol. The summed E-state index contributed by atoms with van der Waals surface area (Å²) in [5.41, 5.74) is 0.224. The molecule has 0 bridgehead atoms. The standard InChI is InChI=1S/C17H9BrFNO/c18-17-15-4-2-1-3-12(15)5-6-16(17)21-14-8-11(10-20)7-13(19)9-14/h1-9H. The normalized spacial score (nSPS) is 10.3. The maximum Gasteiger partial charge on any atom is 0.142 e. The van der Waals surface area contributed by atoms with Crippen molar-refractivity contribution in [2.45, 2.75) is 0 Å². The Morgan fingerprint density at radius 2 is 1.86 bits per heavy atom. The minimum Gasteiger partial charge on any atom is -0.456 e. The Bertz CT molecular complexity index is 870. The van der Waals surface area contributed by atoms with Crippen molar-refractivity contribution in [2.24, 2.45) is 0 Å². The third-order valence-corrected chi connectivity index (χ3v) is 3.87. The average Bonchev–Trinajstić information content (AvgIpc) is 2.50. The van der Waals surface area contributed by atoms with Crippen molar-refractivity contribution < 1.29 is 9.13 Å². The first-order chi connectivity index (χ1) is 10.2. The maximum absolute atomic E-state index is 13.4. The summed E-state index contributed by atoms with van der Waals surface area (Å²) in [6.45, 7) is 0. The van der Waals surface area contributed by atoms with Crippen LogP contribution in [0.25, 0.3) is 10.8 Å². The zero-order valence-corrected chi connectivity index (χ0v) is 12.4. The van der Waals surface area contributed by atoms with Gasteiger partial charge < -0.3 is 4.74 Å². The summed E-state index contributed by atoms with van der Waals surface area (Å²) in [6, 6.07) is 17.4. The molecular formula is C17H9BrFNO. The van der Waals surface area contributed by atoms with Gasteiger partial charge in [0.25, 0.3) is 0 Å². The molecule has 4 heteroatoms. The molecule has 0 heterocycles. The molecule has 2 nitrogen and oxygen atoms in total. The Balaban J connectivity index is 2.04. The van der Waals surface area contributed by atoms with E-state index in [-0.39, 0.29) is 5.56 Å². The lowest BCUT2D eigenvalue weighted by atomic mass is 10.1. The summed E-state index contributed by atoms with van der Waals surface area (Å²) in [5, 5.41) is 11.0. The van der Waals surface area contributed by atoms with E-state index < -0.39 is 5.82 Å². The van der Waals surface area contributed by atoms with Gasteiger partial charge in [0.05, 0.1) is 16.1 Å². The molecule has 0 aliphatic rings. The molecule has 0 radical (unpaired) electrons. The molecule has 0 saturated heterocycles. The first-order valence-electron chi connectivity index (χ1n) is 6.23. The number of rotatable bonds is 2. The summed E-state index contributed by atoms with van der Waals surface area (Å²) in [7, 11) is 0. The van der Waals surface area contributed by atoms with Gasteiger partial charge in [0.15, 0.2) is 0 Å². The Labute approximate surface area is 129 Å². The Morgan fingerprint density at radius 3 is 2.67 bits per heavy atom. The van der Waals surface area contributed by atoms with Crippen LogP contribution >= 0.6 is 15.9 Å². The average molecular weight is 342 g/mol. The quantitative estimate of drug-likeness (QED) is 0.624. The third-order valence-electron chi connectivity index (χ3n) is 3.06. The zero-order valence-electron chi connectivity index (χ0n) is 10.8. The zero-order chi connectivity index (χ0) is 14.8. The van der Waals surface area contributed by atoms with Crippen molar-refractivity contribution in [3.05, 3.63) is 70.5 Å². The summed E-state index contributed by atoms with van der Waals surface area (Å²) in [6.07, 6.45) is 0. The molecule has 21 heavy (non-hydrogen) atoms. The fourth-order valence-electron chi connectivity index (χ4n) is 2.11. The summed E-state index contributed by atoms with van der Waals surface area (Å²) in [5.74, 6) is 0.367. The van der Waals surface area contributed by atoms with Gasteiger partial charge in [0.2, 0.25) is 0 Å². The highest BCUT2D eigenvalue weighted by Crippen LogP contribution is 2.36. The van der Waals surface area contributed by atoms with Crippen LogP contribution < -0.4 is 4.74 Å². The van der Waals surface area contributed by atoms with Crippen LogP contribution in [-0.4, -0.2) is 0 Å². The van der Waals surface area contributed by atoms with Gasteiger partial charge in [-0.25, -0.2) is 4.39 Å². The minimum atomic E-state index is -0.499. The molecule has 102 valence electrons. The lowest BCUT2D eigenvalue weighted by molar-refractivity contribution is 0.474. The van der Waals surface area contributed by atoms with Crippen molar-refractivity contribution in [2.75, 3.05) is 0 Å². The molecule has 0 spiro atoms. The molecule has 3 aromatic carbocycles. The fourth-order valence-corrected chi connectivity index (χ4v) is 2.68. The van der Waals surface area contributed by atoms with E-state index in [4.69, 9.17) is 10.00 Å². The van der Waals surface area contributed by atoms with Crippen molar-refractivity contribution >= 4 is 26.7 Å². The van der Waals surface area contributed by atoms with Crippen molar-refractivity contribution in [1.82, 2.24) is 0 Å². The Morgan fingerprint density at radius 1 is 1.05 bits per heavy atom. The molecule has 0 atom stereocenters. The second-order valence-corrected chi connectivity index (χ2v) is 5.28. The highest BCUT2D eigenvalue weighted by atomic mass is 79.9. The van der Waals surface area contributed by atoms with Gasteiger partial charge in [-0.15, -0.1) is 0 Å². The minimum absolute atomic E-state index is 0.224. The van der Waals surface area contributed by atoms with Gasteiger partial charge in [-0.2, -0.15) is 5.26 Å². The smallest absolute Gasteiger partial charge is 0.142 e. The van der Waals surface area contributed by atoms with E-state index >= 15 is 0 Å². The second kappa shape index (κ2) is 5.55. The molecule has 3 aromatic rings. The number of hydrogen-bond acceptors (Lipinski definition) is 2. The number of nitrogens with zero attached hydrogens (tertiary/aromatic N) is 1. The molecule has 0 fully saturated rings. The largest absolute Gasteiger partial charge is 0.456 e. The highest BCUT2D eigenvalue weighted by molar-refractivity contribution is 9.10. The van der Waals surface area contributed by atoms with E-state index in [9.17, 15) is 4.39 Å². The van der Waals surface area contributed by atoms with Crippen LogP contribution in [0.1, 0.15) is 5.56 Å². The van der Waals surface area contributed by atoms with Gasteiger partial charge in [-0.3, -0.25) is 0 Å². The molecule has 0 aromatic heterocycles. The van der Waals surface area contributed by atoms with E-state index in [0.717, 1.165) is 15.2 Å². The number of halogens is 2. The molecule has 0 aliphatic carbocycles. The lowest BCUT2D eigenvalue weighted by Gasteiger charge is -2.10.